The number of hydrogen-bond donors (Lipinski definition) is 2. The van der Waals surface area contributed by atoms with Crippen molar-refractivity contribution in [2.24, 2.45) is 22.9 Å². The number of aliphatic hydroxyl groups is 2. The molecule has 2 aliphatic carbocycles. The highest BCUT2D eigenvalue weighted by molar-refractivity contribution is 6.03. The molecule has 1 amide bonds. The van der Waals surface area contributed by atoms with Gasteiger partial charge in [0.05, 0.1) is 18.2 Å². The molecule has 2 N–H and O–H groups in total. The summed E-state index contributed by atoms with van der Waals surface area (Å²) in [6.45, 7) is 7.14. The van der Waals surface area contributed by atoms with Gasteiger partial charge in [-0.05, 0) is 97.5 Å². The Kier molecular flexibility index (Phi) is 14.6. The zero-order chi connectivity index (χ0) is 44.5. The van der Waals surface area contributed by atoms with Crippen LogP contribution in [0.25, 0.3) is 0 Å². The fraction of sp³-hybridized carbons (Fsp3) is 0.423. The van der Waals surface area contributed by atoms with Gasteiger partial charge in [0.2, 0.25) is 12.6 Å². The SMILES string of the molecule is C=CCOC12Oc3ccc(OCc4ccccc4F)cc3C3C(CCCCO)C(CCCCO)C=C(C(=NOCc4ccccc4)CC1N(CCC)C(=O)c1ccc4c(c1)OCO4)C32. The molecule has 64 heavy (non-hydrogen) atoms. The number of carbonyl (C=O) groups excluding carboxylic acids is 1. The number of hydrogen-bond acceptors (Lipinski definition) is 10. The second-order valence-electron chi connectivity index (χ2n) is 17.0. The van der Waals surface area contributed by atoms with Crippen LogP contribution in [0.1, 0.15) is 91.3 Å². The van der Waals surface area contributed by atoms with E-state index in [1.807, 2.05) is 60.4 Å². The number of amides is 1. The van der Waals surface area contributed by atoms with E-state index in [1.165, 1.54) is 6.07 Å². The predicted octanol–water partition coefficient (Wildman–Crippen LogP) is 9.52. The lowest BCUT2D eigenvalue weighted by Crippen LogP contribution is -2.70. The largest absolute Gasteiger partial charge is 0.489 e. The summed E-state index contributed by atoms with van der Waals surface area (Å²) in [7, 11) is 0. The van der Waals surface area contributed by atoms with Crippen molar-refractivity contribution >= 4 is 11.6 Å². The summed E-state index contributed by atoms with van der Waals surface area (Å²) < 4.78 is 47.0. The second-order valence-corrected chi connectivity index (χ2v) is 17.0. The molecule has 12 heteroatoms. The molecule has 0 radical (unpaired) electrons. The molecule has 0 spiro atoms. The Bertz CT molecular complexity index is 2300. The first kappa shape index (κ1) is 44.9. The van der Waals surface area contributed by atoms with Crippen molar-refractivity contribution in [3.05, 3.63) is 143 Å². The third kappa shape index (κ3) is 9.41. The van der Waals surface area contributed by atoms with Gasteiger partial charge in [0.1, 0.15) is 36.6 Å². The quantitative estimate of drug-likeness (QED) is 0.0478. The summed E-state index contributed by atoms with van der Waals surface area (Å²) in [5.74, 6) is -0.438. The van der Waals surface area contributed by atoms with E-state index >= 15 is 4.79 Å². The summed E-state index contributed by atoms with van der Waals surface area (Å²) in [6.07, 6.45) is 9.41. The van der Waals surface area contributed by atoms with Crippen LogP contribution in [0.4, 0.5) is 4.39 Å². The number of unbranched alkanes of at least 4 members (excludes halogenated alkanes) is 2. The Morgan fingerprint density at radius 3 is 2.47 bits per heavy atom. The van der Waals surface area contributed by atoms with Gasteiger partial charge in [0.15, 0.2) is 11.5 Å². The summed E-state index contributed by atoms with van der Waals surface area (Å²) >= 11 is 0. The molecule has 4 aromatic rings. The van der Waals surface area contributed by atoms with Crippen LogP contribution in [0.2, 0.25) is 0 Å². The Labute approximate surface area is 375 Å². The van der Waals surface area contributed by atoms with Crippen LogP contribution in [0.15, 0.2) is 120 Å². The van der Waals surface area contributed by atoms with Crippen molar-refractivity contribution in [1.82, 2.24) is 4.90 Å². The number of rotatable bonds is 21. The molecule has 0 aromatic heterocycles. The van der Waals surface area contributed by atoms with Crippen molar-refractivity contribution in [2.45, 2.75) is 89.3 Å². The molecule has 0 saturated heterocycles. The predicted molar refractivity (Wildman–Crippen MR) is 241 cm³/mol. The molecule has 1 saturated carbocycles. The van der Waals surface area contributed by atoms with Crippen molar-refractivity contribution in [2.75, 3.05) is 33.2 Å². The van der Waals surface area contributed by atoms with E-state index in [2.05, 4.69) is 12.7 Å². The first-order valence-electron chi connectivity index (χ1n) is 22.7. The van der Waals surface area contributed by atoms with Crippen LogP contribution >= 0.6 is 0 Å². The van der Waals surface area contributed by atoms with Gasteiger partial charge in [-0.25, -0.2) is 4.39 Å². The number of ether oxygens (including phenoxy) is 5. The number of allylic oxidation sites excluding steroid dienone is 1. The molecule has 11 nitrogen and oxygen atoms in total. The number of oxime groups is 1. The number of nitrogens with zero attached hydrogens (tertiary/aromatic N) is 2. The maximum atomic E-state index is 15.1. The third-order valence-corrected chi connectivity index (χ3v) is 13.0. The van der Waals surface area contributed by atoms with Crippen LogP contribution < -0.4 is 18.9 Å². The normalized spacial score (nSPS) is 23.3. The smallest absolute Gasteiger partial charge is 0.254 e. The number of benzene rings is 4. The molecule has 4 aromatic carbocycles. The van der Waals surface area contributed by atoms with E-state index in [1.54, 1.807) is 42.5 Å². The number of aliphatic hydroxyl groups excluding tert-OH is 2. The molecule has 6 atom stereocenters. The molecule has 6 unspecified atom stereocenters. The fourth-order valence-electron chi connectivity index (χ4n) is 10.1. The maximum absolute atomic E-state index is 15.1. The van der Waals surface area contributed by atoms with Crippen molar-refractivity contribution in [3.8, 4) is 23.0 Å². The van der Waals surface area contributed by atoms with Gasteiger partial charge in [-0.3, -0.25) is 4.79 Å². The highest BCUT2D eigenvalue weighted by Crippen LogP contribution is 2.62. The average molecular weight is 875 g/mol. The Hall–Kier alpha value is -5.69. The van der Waals surface area contributed by atoms with Crippen molar-refractivity contribution in [1.29, 1.82) is 0 Å². The minimum atomic E-state index is -1.43. The minimum absolute atomic E-state index is 0.0181. The Morgan fingerprint density at radius 1 is 0.922 bits per heavy atom. The minimum Gasteiger partial charge on any atom is -0.489 e. The Morgan fingerprint density at radius 2 is 1.69 bits per heavy atom. The van der Waals surface area contributed by atoms with Crippen molar-refractivity contribution in [3.63, 3.8) is 0 Å². The molecule has 4 aliphatic rings. The van der Waals surface area contributed by atoms with Crippen LogP contribution in [0.5, 0.6) is 23.0 Å². The fourth-order valence-corrected chi connectivity index (χ4v) is 10.1. The standard InChI is InChI=1S/C52H59FN2O9/c1-3-24-55(51(58)37-20-22-46-47(29-37)61-34-60-46)48-31-44(54-63-32-35-14-6-5-7-15-35)41-28-36(16-10-12-25-56)40(18-11-13-26-57)49-42-30-39(59-33-38-17-8-9-19-43(38)53)21-23-45(42)64-52(48,50(41)49)62-27-4-2/h4-9,14-15,17,19-23,28-30,36,40,48-50,56-57H,2-3,10-13,16,18,24-27,31-34H2,1H3. The van der Waals surface area contributed by atoms with Crippen molar-refractivity contribution < 1.29 is 47.9 Å². The van der Waals surface area contributed by atoms with Crippen LogP contribution in [-0.2, 0) is 22.8 Å². The summed E-state index contributed by atoms with van der Waals surface area (Å²) in [4.78, 5) is 23.3. The van der Waals surface area contributed by atoms with Gasteiger partial charge in [0, 0.05) is 48.8 Å². The summed E-state index contributed by atoms with van der Waals surface area (Å²) in [5, 5.41) is 24.9. The van der Waals surface area contributed by atoms with Gasteiger partial charge in [0.25, 0.3) is 5.91 Å². The molecule has 338 valence electrons. The van der Waals surface area contributed by atoms with Gasteiger partial charge < -0.3 is 43.6 Å². The number of halogens is 1. The first-order valence-corrected chi connectivity index (χ1v) is 22.7. The second kappa shape index (κ2) is 20.9. The van der Waals surface area contributed by atoms with Gasteiger partial charge >= 0.3 is 0 Å². The highest BCUT2D eigenvalue weighted by Gasteiger charge is 2.65. The first-order chi connectivity index (χ1) is 31.4. The van der Waals surface area contributed by atoms with E-state index in [0.29, 0.717) is 65.6 Å². The zero-order valence-electron chi connectivity index (χ0n) is 36.5. The number of carbonyl (C=O) groups is 1. The van der Waals surface area contributed by atoms with Gasteiger partial charge in [-0.2, -0.15) is 0 Å². The van der Waals surface area contributed by atoms with Crippen LogP contribution in [0, 0.1) is 23.6 Å². The van der Waals surface area contributed by atoms with E-state index in [0.717, 1.165) is 42.4 Å². The lowest BCUT2D eigenvalue weighted by atomic mass is 9.55. The third-order valence-electron chi connectivity index (χ3n) is 13.0. The average Bonchev–Trinajstić information content (AvgIpc) is 3.80. The van der Waals surface area contributed by atoms with E-state index in [9.17, 15) is 14.6 Å². The van der Waals surface area contributed by atoms with Gasteiger partial charge in [-0.1, -0.05) is 85.6 Å². The highest BCUT2D eigenvalue weighted by atomic mass is 19.1. The molecule has 2 aliphatic heterocycles. The molecule has 2 heterocycles. The maximum Gasteiger partial charge on any atom is 0.254 e. The summed E-state index contributed by atoms with van der Waals surface area (Å²) in [6, 6.07) is 26.8. The molecule has 8 rings (SSSR count). The van der Waals surface area contributed by atoms with E-state index in [-0.39, 0.29) is 75.7 Å². The molecule has 0 bridgehead atoms. The van der Waals surface area contributed by atoms with E-state index < -0.39 is 17.7 Å². The van der Waals surface area contributed by atoms with E-state index in [4.69, 9.17) is 33.7 Å². The van der Waals surface area contributed by atoms with Gasteiger partial charge in [-0.15, -0.1) is 6.58 Å². The summed E-state index contributed by atoms with van der Waals surface area (Å²) in [5.41, 5.74) is 4.39. The molecular weight excluding hydrogens is 816 g/mol. The van der Waals surface area contributed by atoms with Crippen LogP contribution in [0.3, 0.4) is 0 Å². The zero-order valence-corrected chi connectivity index (χ0v) is 36.5. The van der Waals surface area contributed by atoms with Crippen LogP contribution in [-0.4, -0.2) is 71.7 Å². The Balaban J connectivity index is 1.31. The monoisotopic (exact) mass is 874 g/mol. The lowest BCUT2D eigenvalue weighted by Gasteiger charge is -2.60. The molecular formula is C52H59FN2O9. The molecule has 1 fully saturated rings. The topological polar surface area (TPSA) is 129 Å². The lowest BCUT2D eigenvalue weighted by molar-refractivity contribution is -0.254. The number of fused-ring (bicyclic) bond motifs is 3.